The first-order chi connectivity index (χ1) is 22.3. The Labute approximate surface area is 281 Å². The van der Waals surface area contributed by atoms with Gasteiger partial charge >= 0.3 is 0 Å². The molecule has 1 unspecified atom stereocenters. The lowest BCUT2D eigenvalue weighted by Gasteiger charge is -2.43. The third-order valence-corrected chi connectivity index (χ3v) is 9.71. The van der Waals surface area contributed by atoms with Gasteiger partial charge in [-0.15, -0.1) is 0 Å². The molecule has 2 aliphatic rings. The zero-order valence-corrected chi connectivity index (χ0v) is 29.1. The van der Waals surface area contributed by atoms with Crippen molar-refractivity contribution in [3.05, 3.63) is 59.5 Å². The second-order valence-corrected chi connectivity index (χ2v) is 13.7. The number of piperazine rings is 1. The first kappa shape index (κ1) is 32.2. The second-order valence-electron chi connectivity index (χ2n) is 11.8. The van der Waals surface area contributed by atoms with Gasteiger partial charge < -0.3 is 29.9 Å². The standard InChI is InChI=1S/C32H41BrN10O2S/c1-40-13-15-42(16-14-40)23-9-11-43(12-10-23)29-18-30(45-3)28(17-24(29)22-19-35-41(2)21-22)37-32-34-20-25(33)31(38-32)36-26-7-5-6-8-27(26)39-46(4)44/h5-8,17-21,23,39H,9-16H2,1-4H3,(H2,34,36,37,38). The average Bonchev–Trinajstić information content (AvgIpc) is 3.49. The highest BCUT2D eigenvalue weighted by Crippen LogP contribution is 2.41. The van der Waals surface area contributed by atoms with E-state index in [0.29, 0.717) is 33.7 Å². The van der Waals surface area contributed by atoms with Crippen molar-refractivity contribution in [2.45, 2.75) is 18.9 Å². The van der Waals surface area contributed by atoms with Crippen molar-refractivity contribution in [3.63, 3.8) is 0 Å². The van der Waals surface area contributed by atoms with Crippen LogP contribution in [0.15, 0.2) is 59.5 Å². The summed E-state index contributed by atoms with van der Waals surface area (Å²) in [4.78, 5) is 16.9. The van der Waals surface area contributed by atoms with Gasteiger partial charge in [0.1, 0.15) is 22.6 Å². The highest BCUT2D eigenvalue weighted by Gasteiger charge is 2.28. The number of hydrogen-bond donors (Lipinski definition) is 3. The summed E-state index contributed by atoms with van der Waals surface area (Å²) < 4.78 is 23.3. The molecule has 2 aliphatic heterocycles. The van der Waals surface area contributed by atoms with E-state index >= 15 is 0 Å². The molecule has 0 spiro atoms. The van der Waals surface area contributed by atoms with Crippen LogP contribution in [0.2, 0.25) is 0 Å². The summed E-state index contributed by atoms with van der Waals surface area (Å²) in [5, 5.41) is 11.2. The van der Waals surface area contributed by atoms with E-state index in [1.165, 1.54) is 0 Å². The Morgan fingerprint density at radius 1 is 0.957 bits per heavy atom. The highest BCUT2D eigenvalue weighted by atomic mass is 79.9. The van der Waals surface area contributed by atoms with Gasteiger partial charge in [-0.1, -0.05) is 12.1 Å². The molecule has 4 heterocycles. The molecule has 4 aromatic rings. The smallest absolute Gasteiger partial charge is 0.229 e. The van der Waals surface area contributed by atoms with Gasteiger partial charge in [0.15, 0.2) is 0 Å². The molecule has 14 heteroatoms. The van der Waals surface area contributed by atoms with Gasteiger partial charge in [0.25, 0.3) is 0 Å². The number of piperidine rings is 1. The molecule has 2 aromatic carbocycles. The summed E-state index contributed by atoms with van der Waals surface area (Å²) in [5.41, 5.74) is 5.41. The maximum absolute atomic E-state index is 11.9. The van der Waals surface area contributed by atoms with Crippen LogP contribution in [0.3, 0.4) is 0 Å². The predicted octanol–water partition coefficient (Wildman–Crippen LogP) is 5.06. The molecule has 0 bridgehead atoms. The molecule has 0 saturated carbocycles. The van der Waals surface area contributed by atoms with Gasteiger partial charge in [-0.3, -0.25) is 9.58 Å². The van der Waals surface area contributed by atoms with Crippen LogP contribution in [-0.4, -0.2) is 99.5 Å². The van der Waals surface area contributed by atoms with E-state index in [2.05, 4.69) is 75.2 Å². The number of benzene rings is 2. The zero-order chi connectivity index (χ0) is 32.2. The molecular formula is C32H41BrN10O2S. The number of halogens is 1. The van der Waals surface area contributed by atoms with Crippen molar-refractivity contribution in [1.29, 1.82) is 0 Å². The fourth-order valence-electron chi connectivity index (χ4n) is 6.15. The van der Waals surface area contributed by atoms with Crippen LogP contribution in [0.1, 0.15) is 12.8 Å². The minimum Gasteiger partial charge on any atom is -0.494 e. The number of methoxy groups -OCH3 is 1. The second kappa shape index (κ2) is 14.4. The molecule has 6 rings (SSSR count). The quantitative estimate of drug-likeness (QED) is 0.207. The normalized spacial score (nSPS) is 17.1. The average molecular weight is 710 g/mol. The van der Waals surface area contributed by atoms with Crippen LogP contribution in [-0.2, 0) is 18.0 Å². The van der Waals surface area contributed by atoms with Crippen LogP contribution in [0.4, 0.5) is 34.5 Å². The number of nitrogens with one attached hydrogen (secondary N) is 3. The van der Waals surface area contributed by atoms with Crippen LogP contribution < -0.4 is 25.0 Å². The molecule has 2 fully saturated rings. The number of anilines is 6. The molecular weight excluding hydrogens is 668 g/mol. The molecule has 0 amide bonds. The highest BCUT2D eigenvalue weighted by molar-refractivity contribution is 9.10. The Morgan fingerprint density at radius 3 is 2.37 bits per heavy atom. The number of hydrogen-bond acceptors (Lipinski definition) is 10. The molecule has 0 radical (unpaired) electrons. The lowest BCUT2D eigenvalue weighted by atomic mass is 9.98. The number of nitrogens with zero attached hydrogens (tertiary/aromatic N) is 7. The Balaban J connectivity index is 1.27. The van der Waals surface area contributed by atoms with E-state index in [1.54, 1.807) is 19.6 Å². The van der Waals surface area contributed by atoms with Crippen molar-refractivity contribution in [2.24, 2.45) is 7.05 Å². The van der Waals surface area contributed by atoms with Crippen LogP contribution in [0.5, 0.6) is 5.75 Å². The van der Waals surface area contributed by atoms with E-state index in [9.17, 15) is 4.21 Å². The van der Waals surface area contributed by atoms with E-state index in [-0.39, 0.29) is 0 Å². The van der Waals surface area contributed by atoms with E-state index in [4.69, 9.17) is 9.72 Å². The first-order valence-corrected chi connectivity index (χ1v) is 17.8. The fraction of sp³-hybridized carbons (Fsp3) is 0.406. The van der Waals surface area contributed by atoms with Gasteiger partial charge in [-0.05, 0) is 54.0 Å². The lowest BCUT2D eigenvalue weighted by molar-refractivity contribution is 0.0982. The maximum Gasteiger partial charge on any atom is 0.229 e. The predicted molar refractivity (Wildman–Crippen MR) is 190 cm³/mol. The third kappa shape index (κ3) is 7.46. The van der Waals surface area contributed by atoms with E-state index in [0.717, 1.165) is 80.3 Å². The molecule has 12 nitrogen and oxygen atoms in total. The van der Waals surface area contributed by atoms with Crippen molar-refractivity contribution < 1.29 is 8.95 Å². The van der Waals surface area contributed by atoms with Gasteiger partial charge in [-0.2, -0.15) is 10.1 Å². The summed E-state index contributed by atoms with van der Waals surface area (Å²) in [6, 6.07) is 12.4. The monoisotopic (exact) mass is 708 g/mol. The van der Waals surface area contributed by atoms with Gasteiger partial charge in [0.2, 0.25) is 5.95 Å². The first-order valence-electron chi connectivity index (χ1n) is 15.4. The van der Waals surface area contributed by atoms with Gasteiger partial charge in [0.05, 0.1) is 34.8 Å². The summed E-state index contributed by atoms with van der Waals surface area (Å²) in [5.74, 6) is 1.65. The molecule has 3 N–H and O–H groups in total. The molecule has 2 aromatic heterocycles. The summed E-state index contributed by atoms with van der Waals surface area (Å²) in [7, 11) is 4.60. The molecule has 244 valence electrons. The van der Waals surface area contributed by atoms with Crippen LogP contribution in [0.25, 0.3) is 11.1 Å². The van der Waals surface area contributed by atoms with Crippen molar-refractivity contribution >= 4 is 61.4 Å². The van der Waals surface area contributed by atoms with Crippen LogP contribution >= 0.6 is 15.9 Å². The molecule has 0 aliphatic carbocycles. The maximum atomic E-state index is 11.9. The van der Waals surface area contributed by atoms with E-state index < -0.39 is 11.0 Å². The van der Waals surface area contributed by atoms with Crippen molar-refractivity contribution in [2.75, 3.05) is 79.9 Å². The van der Waals surface area contributed by atoms with Crippen molar-refractivity contribution in [3.8, 4) is 16.9 Å². The number of aromatic nitrogens is 4. The van der Waals surface area contributed by atoms with Crippen molar-refractivity contribution in [1.82, 2.24) is 29.5 Å². The topological polar surface area (TPSA) is 116 Å². The minimum absolute atomic E-state index is 0.395. The number of likely N-dealkylation sites (N-methyl/N-ethyl adjacent to an activating group) is 1. The Morgan fingerprint density at radius 2 is 1.70 bits per heavy atom. The minimum atomic E-state index is -1.22. The zero-order valence-electron chi connectivity index (χ0n) is 26.7. The van der Waals surface area contributed by atoms with Gasteiger partial charge in [0, 0.05) is 93.9 Å². The number of ether oxygens (including phenoxy) is 1. The Hall–Kier alpha value is -3.72. The Kier molecular flexibility index (Phi) is 10.1. The van der Waals surface area contributed by atoms with E-state index in [1.807, 2.05) is 48.4 Å². The molecule has 46 heavy (non-hydrogen) atoms. The molecule has 1 atom stereocenters. The fourth-order valence-corrected chi connectivity index (χ4v) is 6.92. The van der Waals surface area contributed by atoms with Crippen LogP contribution in [0, 0.1) is 0 Å². The number of rotatable bonds is 10. The summed E-state index contributed by atoms with van der Waals surface area (Å²) in [6.45, 7) is 6.54. The molecule has 2 saturated heterocycles. The summed E-state index contributed by atoms with van der Waals surface area (Å²) in [6.07, 6.45) is 9.49. The lowest BCUT2D eigenvalue weighted by Crippen LogP contribution is -2.52. The Bertz CT molecular complexity index is 1690. The number of aryl methyl sites for hydroxylation is 1. The SMILES string of the molecule is COc1cc(N2CCC(N3CCN(C)CC3)CC2)c(-c2cnn(C)c2)cc1Nc1ncc(Br)c(Nc2ccccc2NS(C)=O)n1. The largest absolute Gasteiger partial charge is 0.494 e. The van der Waals surface area contributed by atoms with Gasteiger partial charge in [-0.25, -0.2) is 9.19 Å². The number of para-hydroxylation sites is 2. The third-order valence-electron chi connectivity index (χ3n) is 8.62. The summed E-state index contributed by atoms with van der Waals surface area (Å²) >= 11 is 3.57.